The van der Waals surface area contributed by atoms with E-state index in [4.69, 9.17) is 9.84 Å². The summed E-state index contributed by atoms with van der Waals surface area (Å²) in [5.74, 6) is -0.685. The number of nitrogens with one attached hydrogen (secondary N) is 2. The maximum atomic E-state index is 12.8. The first-order valence-electron chi connectivity index (χ1n) is 12.0. The molecule has 38 heavy (non-hydrogen) atoms. The molecule has 0 aliphatic carbocycles. The zero-order valence-corrected chi connectivity index (χ0v) is 21.0. The second-order valence-electron chi connectivity index (χ2n) is 9.09. The number of carbonyl (C=O) groups excluding carboxylic acids is 1. The van der Waals surface area contributed by atoms with Crippen LogP contribution >= 0.6 is 0 Å². The van der Waals surface area contributed by atoms with Crippen LogP contribution in [0.25, 0.3) is 11.3 Å². The molecule has 0 saturated heterocycles. The molecule has 11 heteroatoms. The Labute approximate surface area is 218 Å². The number of amides is 1. The molecule has 0 fully saturated rings. The predicted molar refractivity (Wildman–Crippen MR) is 136 cm³/mol. The summed E-state index contributed by atoms with van der Waals surface area (Å²) in [6, 6.07) is 14.7. The van der Waals surface area contributed by atoms with Gasteiger partial charge in [-0.3, -0.25) is 9.59 Å². The molecule has 1 aromatic heterocycles. The summed E-state index contributed by atoms with van der Waals surface area (Å²) in [5, 5.41) is 22.7. The molecule has 3 N–H and O–H groups in total. The SMILES string of the molecule is CC(C)C[C@@H](COc1ccc(-c2ccc(C(F)(F)F)cc2)nn1)Nc1ccc(C(=O)NCCC(=O)O)cc1. The van der Waals surface area contributed by atoms with Gasteiger partial charge in [0.25, 0.3) is 5.91 Å². The smallest absolute Gasteiger partial charge is 0.416 e. The van der Waals surface area contributed by atoms with Crippen LogP contribution in [0.2, 0.25) is 0 Å². The molecular weight excluding hydrogens is 501 g/mol. The quantitative estimate of drug-likeness (QED) is 0.292. The Hall–Kier alpha value is -4.15. The summed E-state index contributed by atoms with van der Waals surface area (Å²) in [7, 11) is 0. The number of benzene rings is 2. The van der Waals surface area contributed by atoms with Gasteiger partial charge in [0.1, 0.15) is 6.61 Å². The van der Waals surface area contributed by atoms with Crippen molar-refractivity contribution >= 4 is 17.6 Å². The molecule has 0 aliphatic heterocycles. The number of carboxylic acid groups (broad SMARTS) is 1. The number of carbonyl (C=O) groups is 2. The number of nitrogens with zero attached hydrogens (tertiary/aromatic N) is 2. The van der Waals surface area contributed by atoms with Crippen LogP contribution in [0.4, 0.5) is 18.9 Å². The predicted octanol–water partition coefficient (Wildman–Crippen LogP) is 5.27. The molecule has 1 heterocycles. The lowest BCUT2D eigenvalue weighted by Crippen LogP contribution is -2.29. The standard InChI is InChI=1S/C27H29F3N4O4/c1-17(2)15-22(32-21-9-5-19(6-10-21)26(37)31-14-13-25(35)36)16-38-24-12-11-23(33-34-24)18-3-7-20(8-4-18)27(28,29)30/h3-12,17,22,32H,13-16H2,1-2H3,(H,31,37)(H,35,36)/t22-/m0/s1. The summed E-state index contributed by atoms with van der Waals surface area (Å²) in [4.78, 5) is 22.7. The number of halogens is 3. The second-order valence-corrected chi connectivity index (χ2v) is 9.09. The summed E-state index contributed by atoms with van der Waals surface area (Å²) >= 11 is 0. The molecule has 3 aromatic rings. The van der Waals surface area contributed by atoms with Crippen molar-refractivity contribution in [2.75, 3.05) is 18.5 Å². The summed E-state index contributed by atoms with van der Waals surface area (Å²) < 4.78 is 44.1. The van der Waals surface area contributed by atoms with E-state index in [2.05, 4.69) is 34.7 Å². The fourth-order valence-electron chi connectivity index (χ4n) is 3.64. The molecule has 8 nitrogen and oxygen atoms in total. The highest BCUT2D eigenvalue weighted by atomic mass is 19.4. The van der Waals surface area contributed by atoms with Gasteiger partial charge < -0.3 is 20.5 Å². The van der Waals surface area contributed by atoms with Crippen molar-refractivity contribution < 1.29 is 32.6 Å². The first kappa shape index (κ1) is 28.4. The molecular formula is C27H29F3N4O4. The van der Waals surface area contributed by atoms with Gasteiger partial charge in [-0.05, 0) is 54.8 Å². The summed E-state index contributed by atoms with van der Waals surface area (Å²) in [6.07, 6.45) is -3.76. The monoisotopic (exact) mass is 530 g/mol. The zero-order valence-electron chi connectivity index (χ0n) is 21.0. The normalized spacial score (nSPS) is 12.2. The molecule has 0 aliphatic rings. The summed E-state index contributed by atoms with van der Waals surface area (Å²) in [6.45, 7) is 4.50. The van der Waals surface area contributed by atoms with E-state index in [0.717, 1.165) is 24.2 Å². The number of alkyl halides is 3. The van der Waals surface area contributed by atoms with Gasteiger partial charge in [0.2, 0.25) is 5.88 Å². The lowest BCUT2D eigenvalue weighted by atomic mass is 10.0. The fraction of sp³-hybridized carbons (Fsp3) is 0.333. The van der Waals surface area contributed by atoms with Gasteiger partial charge in [0, 0.05) is 29.4 Å². The molecule has 0 unspecified atom stereocenters. The van der Waals surface area contributed by atoms with Crippen LogP contribution in [0.3, 0.4) is 0 Å². The van der Waals surface area contributed by atoms with E-state index in [-0.39, 0.29) is 37.4 Å². The van der Waals surface area contributed by atoms with E-state index in [0.29, 0.717) is 22.7 Å². The Morgan fingerprint density at radius 3 is 2.21 bits per heavy atom. The Morgan fingerprint density at radius 1 is 0.974 bits per heavy atom. The van der Waals surface area contributed by atoms with Crippen molar-refractivity contribution in [1.29, 1.82) is 0 Å². The highest BCUT2D eigenvalue weighted by Gasteiger charge is 2.30. The van der Waals surface area contributed by atoms with Crippen molar-refractivity contribution in [2.24, 2.45) is 5.92 Å². The molecule has 0 saturated carbocycles. The van der Waals surface area contributed by atoms with E-state index in [1.165, 1.54) is 12.1 Å². The van der Waals surface area contributed by atoms with Gasteiger partial charge in [0.05, 0.1) is 23.7 Å². The van der Waals surface area contributed by atoms with Crippen LogP contribution in [-0.4, -0.2) is 46.4 Å². The fourth-order valence-corrected chi connectivity index (χ4v) is 3.64. The largest absolute Gasteiger partial charge is 0.481 e. The van der Waals surface area contributed by atoms with Gasteiger partial charge in [-0.15, -0.1) is 10.2 Å². The van der Waals surface area contributed by atoms with Crippen LogP contribution < -0.4 is 15.4 Å². The molecule has 0 bridgehead atoms. The van der Waals surface area contributed by atoms with Crippen molar-refractivity contribution in [2.45, 2.75) is 38.9 Å². The number of rotatable bonds is 12. The third-order valence-corrected chi connectivity index (χ3v) is 5.48. The lowest BCUT2D eigenvalue weighted by Gasteiger charge is -2.22. The van der Waals surface area contributed by atoms with Gasteiger partial charge in [-0.2, -0.15) is 13.2 Å². The van der Waals surface area contributed by atoms with Gasteiger partial charge in [-0.1, -0.05) is 26.0 Å². The molecule has 202 valence electrons. The van der Waals surface area contributed by atoms with Crippen LogP contribution in [0, 0.1) is 5.92 Å². The Kier molecular flexibility index (Phi) is 9.64. The van der Waals surface area contributed by atoms with Crippen LogP contribution in [0.1, 0.15) is 42.6 Å². The topological polar surface area (TPSA) is 113 Å². The van der Waals surface area contributed by atoms with Crippen LogP contribution in [-0.2, 0) is 11.0 Å². The maximum Gasteiger partial charge on any atom is 0.416 e. The Bertz CT molecular complexity index is 1200. The number of aliphatic carboxylic acids is 1. The maximum absolute atomic E-state index is 12.8. The van der Waals surface area contributed by atoms with Crippen LogP contribution in [0.5, 0.6) is 5.88 Å². The van der Waals surface area contributed by atoms with Crippen molar-refractivity contribution in [3.63, 3.8) is 0 Å². The minimum absolute atomic E-state index is 0.0518. The number of ether oxygens (including phenoxy) is 1. The molecule has 3 rings (SSSR count). The average molecular weight is 531 g/mol. The average Bonchev–Trinajstić information content (AvgIpc) is 2.87. The molecule has 1 amide bonds. The van der Waals surface area contributed by atoms with Gasteiger partial charge in [0.15, 0.2) is 0 Å². The third kappa shape index (κ3) is 8.75. The van der Waals surface area contributed by atoms with Crippen molar-refractivity contribution in [3.8, 4) is 17.1 Å². The van der Waals surface area contributed by atoms with E-state index in [1.54, 1.807) is 36.4 Å². The Morgan fingerprint density at radius 2 is 1.66 bits per heavy atom. The first-order chi connectivity index (χ1) is 18.0. The highest BCUT2D eigenvalue weighted by Crippen LogP contribution is 2.30. The van der Waals surface area contributed by atoms with Crippen LogP contribution in [0.15, 0.2) is 60.7 Å². The van der Waals surface area contributed by atoms with Gasteiger partial charge in [-0.25, -0.2) is 0 Å². The highest BCUT2D eigenvalue weighted by molar-refractivity contribution is 5.94. The first-order valence-corrected chi connectivity index (χ1v) is 12.0. The number of carboxylic acids is 1. The number of aromatic nitrogens is 2. The third-order valence-electron chi connectivity index (χ3n) is 5.48. The molecule has 1 atom stereocenters. The van der Waals surface area contributed by atoms with Gasteiger partial charge >= 0.3 is 12.1 Å². The van der Waals surface area contributed by atoms with E-state index >= 15 is 0 Å². The number of hydrogen-bond acceptors (Lipinski definition) is 6. The lowest BCUT2D eigenvalue weighted by molar-refractivity contribution is -0.138. The molecule has 2 aromatic carbocycles. The zero-order chi connectivity index (χ0) is 27.7. The summed E-state index contributed by atoms with van der Waals surface area (Å²) in [5.41, 5.74) is 1.41. The number of hydrogen-bond donors (Lipinski definition) is 3. The second kappa shape index (κ2) is 12.9. The molecule has 0 radical (unpaired) electrons. The molecule has 0 spiro atoms. The minimum Gasteiger partial charge on any atom is -0.481 e. The Balaban J connectivity index is 1.57. The van der Waals surface area contributed by atoms with Crippen molar-refractivity contribution in [1.82, 2.24) is 15.5 Å². The van der Waals surface area contributed by atoms with E-state index in [1.807, 2.05) is 0 Å². The number of anilines is 1. The minimum atomic E-state index is -4.40. The van der Waals surface area contributed by atoms with E-state index < -0.39 is 17.7 Å². The van der Waals surface area contributed by atoms with E-state index in [9.17, 15) is 22.8 Å². The van der Waals surface area contributed by atoms with Crippen molar-refractivity contribution in [3.05, 3.63) is 71.8 Å².